The van der Waals surface area contributed by atoms with Gasteiger partial charge in [0, 0.05) is 36.5 Å². The second kappa shape index (κ2) is 7.23. The lowest BCUT2D eigenvalue weighted by molar-refractivity contribution is 0.0923. The zero-order valence-electron chi connectivity index (χ0n) is 14.4. The quantitative estimate of drug-likeness (QED) is 0.858. The Kier molecular flexibility index (Phi) is 4.64. The van der Waals surface area contributed by atoms with Crippen molar-refractivity contribution < 1.29 is 14.1 Å². The van der Waals surface area contributed by atoms with Crippen LogP contribution in [0.5, 0.6) is 0 Å². The maximum absolute atomic E-state index is 12.5. The Balaban J connectivity index is 1.43. The van der Waals surface area contributed by atoms with Crippen LogP contribution in [0.1, 0.15) is 64.4 Å². The Morgan fingerprint density at radius 2 is 1.85 bits per heavy atom. The summed E-state index contributed by atoms with van der Waals surface area (Å²) in [7, 11) is 0. The molecule has 0 bridgehead atoms. The number of aromatic nitrogens is 3. The minimum absolute atomic E-state index is 0.0885. The number of nitrogens with zero attached hydrogens (tertiary/aromatic N) is 3. The second-order valence-corrected chi connectivity index (χ2v) is 6.89. The third kappa shape index (κ3) is 3.44. The van der Waals surface area contributed by atoms with Crippen LogP contribution < -0.4 is 10.6 Å². The normalized spacial score (nSPS) is 19.8. The number of fused-ring (bicyclic) bond motifs is 1. The van der Waals surface area contributed by atoms with E-state index in [9.17, 15) is 9.59 Å². The zero-order chi connectivity index (χ0) is 17.9. The van der Waals surface area contributed by atoms with Crippen LogP contribution in [-0.4, -0.2) is 39.0 Å². The van der Waals surface area contributed by atoms with Crippen LogP contribution in [0.15, 0.2) is 23.1 Å². The lowest BCUT2D eigenvalue weighted by Crippen LogP contribution is -2.40. The highest BCUT2D eigenvalue weighted by atomic mass is 16.5. The van der Waals surface area contributed by atoms with Gasteiger partial charge in [-0.15, -0.1) is 0 Å². The molecule has 1 fully saturated rings. The Bertz CT molecular complexity index is 798. The van der Waals surface area contributed by atoms with E-state index >= 15 is 0 Å². The molecule has 1 unspecified atom stereocenters. The van der Waals surface area contributed by atoms with E-state index in [1.807, 2.05) is 0 Å². The third-order valence-corrected chi connectivity index (χ3v) is 5.08. The van der Waals surface area contributed by atoms with E-state index in [1.54, 1.807) is 0 Å². The van der Waals surface area contributed by atoms with Gasteiger partial charge in [0.2, 0.25) is 0 Å². The van der Waals surface area contributed by atoms with Crippen LogP contribution in [0.25, 0.3) is 0 Å². The second-order valence-electron chi connectivity index (χ2n) is 6.89. The van der Waals surface area contributed by atoms with Gasteiger partial charge in [-0.2, -0.15) is 0 Å². The highest BCUT2D eigenvalue weighted by molar-refractivity contribution is 5.94. The number of amides is 2. The number of nitrogens with one attached hydrogen (secondary N) is 2. The fourth-order valence-electron chi connectivity index (χ4n) is 3.71. The topological polar surface area (TPSA) is 110 Å². The molecule has 2 aromatic heterocycles. The summed E-state index contributed by atoms with van der Waals surface area (Å²) >= 11 is 0. The molecule has 2 aliphatic rings. The van der Waals surface area contributed by atoms with Crippen LogP contribution in [0, 0.1) is 0 Å². The third-order valence-electron chi connectivity index (χ3n) is 5.08. The largest absolute Gasteiger partial charge is 0.360 e. The highest BCUT2D eigenvalue weighted by Crippen LogP contribution is 2.25. The van der Waals surface area contributed by atoms with Crippen molar-refractivity contribution in [2.75, 3.05) is 0 Å². The summed E-state index contributed by atoms with van der Waals surface area (Å²) in [6, 6.07) is 0.139. The van der Waals surface area contributed by atoms with Crippen molar-refractivity contribution in [2.45, 2.75) is 57.0 Å². The molecule has 8 heteroatoms. The monoisotopic (exact) mass is 355 g/mol. The van der Waals surface area contributed by atoms with E-state index in [2.05, 4.69) is 25.8 Å². The molecule has 1 atom stereocenters. The predicted octanol–water partition coefficient (Wildman–Crippen LogP) is 1.42. The molecular formula is C18H21N5O3. The number of hydrogen-bond acceptors (Lipinski definition) is 6. The average molecular weight is 355 g/mol. The molecule has 8 nitrogen and oxygen atoms in total. The van der Waals surface area contributed by atoms with Crippen molar-refractivity contribution in [1.82, 2.24) is 25.8 Å². The van der Waals surface area contributed by atoms with E-state index in [-0.39, 0.29) is 29.6 Å². The number of aryl methyl sites for hydroxylation is 1. The maximum atomic E-state index is 12.5. The van der Waals surface area contributed by atoms with Crippen LogP contribution >= 0.6 is 0 Å². The van der Waals surface area contributed by atoms with Gasteiger partial charge < -0.3 is 15.2 Å². The lowest BCUT2D eigenvalue weighted by atomic mass is 9.91. The van der Waals surface area contributed by atoms with Gasteiger partial charge in [0.25, 0.3) is 11.8 Å². The fraction of sp³-hybridized carbons (Fsp3) is 0.500. The van der Waals surface area contributed by atoms with Gasteiger partial charge in [-0.3, -0.25) is 14.6 Å². The van der Waals surface area contributed by atoms with Crippen molar-refractivity contribution in [3.63, 3.8) is 0 Å². The summed E-state index contributed by atoms with van der Waals surface area (Å²) in [6.45, 7) is 0. The first-order valence-electron chi connectivity index (χ1n) is 9.06. The van der Waals surface area contributed by atoms with Gasteiger partial charge in [0.1, 0.15) is 11.5 Å². The summed E-state index contributed by atoms with van der Waals surface area (Å²) in [4.78, 5) is 32.7. The Labute approximate surface area is 150 Å². The molecular weight excluding hydrogens is 334 g/mol. The molecule has 0 saturated heterocycles. The first-order valence-corrected chi connectivity index (χ1v) is 9.06. The molecule has 0 spiro atoms. The van der Waals surface area contributed by atoms with Crippen molar-refractivity contribution in [1.29, 1.82) is 0 Å². The van der Waals surface area contributed by atoms with Crippen LogP contribution in [0.2, 0.25) is 0 Å². The zero-order valence-corrected chi connectivity index (χ0v) is 14.4. The van der Waals surface area contributed by atoms with Gasteiger partial charge in [-0.1, -0.05) is 18.0 Å². The van der Waals surface area contributed by atoms with E-state index in [0.29, 0.717) is 18.5 Å². The van der Waals surface area contributed by atoms with Gasteiger partial charge in [-0.05, 0) is 25.7 Å². The standard InChI is InChI=1S/C18H21N5O3/c24-17(14-10-19-7-8-20-14)22-12-5-6-15-13(9-12)16(23-26-15)18(25)21-11-3-1-2-4-11/h7-8,10-12H,1-6,9H2,(H,21,25)(H,22,24). The van der Waals surface area contributed by atoms with E-state index in [4.69, 9.17) is 4.52 Å². The molecule has 0 radical (unpaired) electrons. The minimum Gasteiger partial charge on any atom is -0.360 e. The van der Waals surface area contributed by atoms with Crippen LogP contribution in [0.4, 0.5) is 0 Å². The lowest BCUT2D eigenvalue weighted by Gasteiger charge is -2.22. The Morgan fingerprint density at radius 1 is 1.04 bits per heavy atom. The van der Waals surface area contributed by atoms with Gasteiger partial charge >= 0.3 is 0 Å². The van der Waals surface area contributed by atoms with Crippen LogP contribution in [-0.2, 0) is 12.8 Å². The summed E-state index contributed by atoms with van der Waals surface area (Å²) in [5.41, 5.74) is 1.43. The molecule has 1 saturated carbocycles. The van der Waals surface area contributed by atoms with E-state index in [1.165, 1.54) is 18.6 Å². The van der Waals surface area contributed by atoms with Crippen LogP contribution in [0.3, 0.4) is 0 Å². The molecule has 26 heavy (non-hydrogen) atoms. The average Bonchev–Trinajstić information content (AvgIpc) is 3.31. The molecule has 0 aliphatic heterocycles. The van der Waals surface area contributed by atoms with Crippen molar-refractivity contribution in [2.24, 2.45) is 0 Å². The van der Waals surface area contributed by atoms with E-state index < -0.39 is 0 Å². The Hall–Kier alpha value is -2.77. The first-order chi connectivity index (χ1) is 12.7. The molecule has 2 heterocycles. The number of hydrogen-bond donors (Lipinski definition) is 2. The van der Waals surface area contributed by atoms with Gasteiger partial charge in [0.05, 0.1) is 6.20 Å². The molecule has 4 rings (SSSR count). The van der Waals surface area contributed by atoms with Gasteiger partial charge in [-0.25, -0.2) is 4.98 Å². The SMILES string of the molecule is O=C(NC1CCc2onc(C(=O)NC3CCCC3)c2C1)c1cnccn1. The van der Waals surface area contributed by atoms with Crippen molar-refractivity contribution in [3.8, 4) is 0 Å². The Morgan fingerprint density at radius 3 is 2.62 bits per heavy atom. The summed E-state index contributed by atoms with van der Waals surface area (Å²) in [6.07, 6.45) is 10.7. The van der Waals surface area contributed by atoms with Crippen molar-refractivity contribution in [3.05, 3.63) is 41.3 Å². The molecule has 2 aliphatic carbocycles. The first kappa shape index (κ1) is 16.7. The summed E-state index contributed by atoms with van der Waals surface area (Å²) in [5.74, 6) is 0.300. The fourth-order valence-corrected chi connectivity index (χ4v) is 3.71. The highest BCUT2D eigenvalue weighted by Gasteiger charge is 2.30. The van der Waals surface area contributed by atoms with E-state index in [0.717, 1.165) is 43.4 Å². The smallest absolute Gasteiger partial charge is 0.273 e. The molecule has 136 valence electrons. The summed E-state index contributed by atoms with van der Waals surface area (Å²) < 4.78 is 5.36. The van der Waals surface area contributed by atoms with Gasteiger partial charge in [0.15, 0.2) is 5.69 Å². The molecule has 2 N–H and O–H groups in total. The molecule has 2 aromatic rings. The number of carbonyl (C=O) groups is 2. The molecule has 2 amide bonds. The van der Waals surface area contributed by atoms with Crippen molar-refractivity contribution >= 4 is 11.8 Å². The minimum atomic E-state index is -0.264. The molecule has 0 aromatic carbocycles. The maximum Gasteiger partial charge on any atom is 0.273 e. The number of rotatable bonds is 4. The number of carbonyl (C=O) groups excluding carboxylic acids is 2. The predicted molar refractivity (Wildman–Crippen MR) is 91.5 cm³/mol. The summed E-state index contributed by atoms with van der Waals surface area (Å²) in [5, 5.41) is 10.00.